The van der Waals surface area contributed by atoms with Gasteiger partial charge in [0, 0.05) is 17.7 Å². The molecule has 2 N–H and O–H groups in total. The zero-order chi connectivity index (χ0) is 15.1. The third-order valence-corrected chi connectivity index (χ3v) is 3.91. The monoisotopic (exact) mass is 304 g/mol. The van der Waals surface area contributed by atoms with Gasteiger partial charge in [0.1, 0.15) is 6.04 Å². The molecule has 1 amide bonds. The third kappa shape index (κ3) is 4.88. The molecule has 1 atom stereocenters. The molecule has 0 radical (unpaired) electrons. The number of ether oxygens (including phenoxy) is 1. The molecule has 0 unspecified atom stereocenters. The number of carbonyl (C=O) groups is 1. The van der Waals surface area contributed by atoms with E-state index in [4.69, 9.17) is 4.74 Å². The SMILES string of the molecule is COCc1cccc(N[C@@H](C)C(=O)NCc2cccs2)c1. The number of thiophene rings is 1. The minimum atomic E-state index is -0.289. The summed E-state index contributed by atoms with van der Waals surface area (Å²) in [5, 5.41) is 8.14. The van der Waals surface area contributed by atoms with Crippen LogP contribution in [-0.4, -0.2) is 19.1 Å². The summed E-state index contributed by atoms with van der Waals surface area (Å²) in [5.41, 5.74) is 2.00. The standard InChI is InChI=1S/C16H20N2O2S/c1-12(16(19)17-10-15-7-4-8-21-15)18-14-6-3-5-13(9-14)11-20-2/h3-9,12,18H,10-11H2,1-2H3,(H,17,19)/t12-/m0/s1. The Kier molecular flexibility index (Phi) is 5.78. The van der Waals surface area contributed by atoms with Crippen LogP contribution in [0.15, 0.2) is 41.8 Å². The zero-order valence-electron chi connectivity index (χ0n) is 12.3. The second-order valence-electron chi connectivity index (χ2n) is 4.80. The van der Waals surface area contributed by atoms with E-state index >= 15 is 0 Å². The number of benzene rings is 1. The second-order valence-corrected chi connectivity index (χ2v) is 5.83. The van der Waals surface area contributed by atoms with E-state index in [0.29, 0.717) is 13.2 Å². The fourth-order valence-corrected chi connectivity index (χ4v) is 2.62. The van der Waals surface area contributed by atoms with Crippen LogP contribution in [-0.2, 0) is 22.7 Å². The Morgan fingerprint density at radius 1 is 1.33 bits per heavy atom. The molecule has 1 aromatic carbocycles. The van der Waals surface area contributed by atoms with Crippen molar-refractivity contribution < 1.29 is 9.53 Å². The Morgan fingerprint density at radius 3 is 2.90 bits per heavy atom. The van der Waals surface area contributed by atoms with E-state index in [-0.39, 0.29) is 11.9 Å². The van der Waals surface area contributed by atoms with Crippen LogP contribution in [0.3, 0.4) is 0 Å². The van der Waals surface area contributed by atoms with Crippen LogP contribution >= 0.6 is 11.3 Å². The van der Waals surface area contributed by atoms with Gasteiger partial charge in [-0.3, -0.25) is 4.79 Å². The fraction of sp³-hybridized carbons (Fsp3) is 0.312. The van der Waals surface area contributed by atoms with Crippen LogP contribution in [0.5, 0.6) is 0 Å². The number of carbonyl (C=O) groups excluding carboxylic acids is 1. The Morgan fingerprint density at radius 2 is 2.19 bits per heavy atom. The van der Waals surface area contributed by atoms with Gasteiger partial charge in [0.25, 0.3) is 0 Å². The van der Waals surface area contributed by atoms with E-state index in [1.807, 2.05) is 48.7 Å². The topological polar surface area (TPSA) is 50.4 Å². The highest BCUT2D eigenvalue weighted by atomic mass is 32.1. The third-order valence-electron chi connectivity index (χ3n) is 3.03. The predicted molar refractivity (Wildman–Crippen MR) is 86.4 cm³/mol. The van der Waals surface area contributed by atoms with Gasteiger partial charge < -0.3 is 15.4 Å². The molecule has 21 heavy (non-hydrogen) atoms. The quantitative estimate of drug-likeness (QED) is 0.827. The van der Waals surface area contributed by atoms with Crippen molar-refractivity contribution in [2.75, 3.05) is 12.4 Å². The van der Waals surface area contributed by atoms with Gasteiger partial charge in [0.05, 0.1) is 13.2 Å². The molecule has 0 saturated heterocycles. The lowest BCUT2D eigenvalue weighted by molar-refractivity contribution is -0.121. The molecule has 4 nitrogen and oxygen atoms in total. The molecule has 5 heteroatoms. The average Bonchev–Trinajstić information content (AvgIpc) is 2.98. The second kappa shape index (κ2) is 7.81. The number of amides is 1. The summed E-state index contributed by atoms with van der Waals surface area (Å²) in [7, 11) is 1.67. The normalized spacial score (nSPS) is 11.9. The van der Waals surface area contributed by atoms with Crippen molar-refractivity contribution in [3.05, 3.63) is 52.2 Å². The molecule has 112 valence electrons. The first-order valence-corrected chi connectivity index (χ1v) is 7.71. The van der Waals surface area contributed by atoms with Gasteiger partial charge in [-0.15, -0.1) is 11.3 Å². The van der Waals surface area contributed by atoms with E-state index in [0.717, 1.165) is 16.1 Å². The number of anilines is 1. The molecule has 0 aliphatic rings. The molecule has 0 aliphatic carbocycles. The first kappa shape index (κ1) is 15.5. The lowest BCUT2D eigenvalue weighted by Gasteiger charge is -2.15. The number of hydrogen-bond donors (Lipinski definition) is 2. The summed E-state index contributed by atoms with van der Waals surface area (Å²) < 4.78 is 5.11. The van der Waals surface area contributed by atoms with Gasteiger partial charge in [-0.2, -0.15) is 0 Å². The van der Waals surface area contributed by atoms with E-state index in [9.17, 15) is 4.79 Å². The van der Waals surface area contributed by atoms with E-state index in [2.05, 4.69) is 10.6 Å². The van der Waals surface area contributed by atoms with Crippen LogP contribution in [0, 0.1) is 0 Å². The van der Waals surface area contributed by atoms with Crippen molar-refractivity contribution in [2.24, 2.45) is 0 Å². The highest BCUT2D eigenvalue weighted by molar-refractivity contribution is 7.09. The lowest BCUT2D eigenvalue weighted by atomic mass is 10.2. The highest BCUT2D eigenvalue weighted by Crippen LogP contribution is 2.13. The largest absolute Gasteiger partial charge is 0.380 e. The lowest BCUT2D eigenvalue weighted by Crippen LogP contribution is -2.37. The van der Waals surface area contributed by atoms with Crippen LogP contribution < -0.4 is 10.6 Å². The molecule has 0 spiro atoms. The number of rotatable bonds is 7. The predicted octanol–water partition coefficient (Wildman–Crippen LogP) is 3.01. The summed E-state index contributed by atoms with van der Waals surface area (Å²) in [6, 6.07) is 11.6. The molecule has 0 saturated carbocycles. The molecule has 1 aromatic heterocycles. The van der Waals surface area contributed by atoms with Crippen molar-refractivity contribution in [1.29, 1.82) is 0 Å². The van der Waals surface area contributed by atoms with Gasteiger partial charge >= 0.3 is 0 Å². The summed E-state index contributed by atoms with van der Waals surface area (Å²) in [6.45, 7) is 2.99. The van der Waals surface area contributed by atoms with Gasteiger partial charge in [0.15, 0.2) is 0 Å². The van der Waals surface area contributed by atoms with E-state index in [1.54, 1.807) is 18.4 Å². The zero-order valence-corrected chi connectivity index (χ0v) is 13.1. The number of methoxy groups -OCH3 is 1. The van der Waals surface area contributed by atoms with Gasteiger partial charge in [-0.1, -0.05) is 18.2 Å². The summed E-state index contributed by atoms with van der Waals surface area (Å²) in [4.78, 5) is 13.2. The molecular formula is C16H20N2O2S. The molecule has 0 bridgehead atoms. The maximum absolute atomic E-state index is 12.1. The fourth-order valence-electron chi connectivity index (χ4n) is 1.97. The van der Waals surface area contributed by atoms with Crippen LogP contribution in [0.4, 0.5) is 5.69 Å². The maximum atomic E-state index is 12.1. The van der Waals surface area contributed by atoms with Gasteiger partial charge in [0.2, 0.25) is 5.91 Å². The molecule has 2 aromatic rings. The Balaban J connectivity index is 1.86. The Hall–Kier alpha value is -1.85. The van der Waals surface area contributed by atoms with Gasteiger partial charge in [-0.25, -0.2) is 0 Å². The molecule has 1 heterocycles. The van der Waals surface area contributed by atoms with Crippen molar-refractivity contribution in [3.8, 4) is 0 Å². The molecule has 2 rings (SSSR count). The van der Waals surface area contributed by atoms with Crippen LogP contribution in [0.2, 0.25) is 0 Å². The first-order chi connectivity index (χ1) is 10.2. The highest BCUT2D eigenvalue weighted by Gasteiger charge is 2.12. The van der Waals surface area contributed by atoms with E-state index in [1.165, 1.54) is 0 Å². The first-order valence-electron chi connectivity index (χ1n) is 6.83. The van der Waals surface area contributed by atoms with Crippen LogP contribution in [0.25, 0.3) is 0 Å². The van der Waals surface area contributed by atoms with E-state index < -0.39 is 0 Å². The Bertz CT molecular complexity index is 569. The number of hydrogen-bond acceptors (Lipinski definition) is 4. The van der Waals surface area contributed by atoms with Crippen molar-refractivity contribution in [3.63, 3.8) is 0 Å². The maximum Gasteiger partial charge on any atom is 0.242 e. The van der Waals surface area contributed by atoms with Crippen molar-refractivity contribution in [1.82, 2.24) is 5.32 Å². The summed E-state index contributed by atoms with van der Waals surface area (Å²) >= 11 is 1.64. The van der Waals surface area contributed by atoms with Gasteiger partial charge in [-0.05, 0) is 36.1 Å². The summed E-state index contributed by atoms with van der Waals surface area (Å²) in [5.74, 6) is -0.0134. The minimum absolute atomic E-state index is 0.0134. The number of nitrogens with one attached hydrogen (secondary N) is 2. The molecule has 0 aliphatic heterocycles. The molecular weight excluding hydrogens is 284 g/mol. The van der Waals surface area contributed by atoms with Crippen molar-refractivity contribution in [2.45, 2.75) is 26.1 Å². The van der Waals surface area contributed by atoms with Crippen LogP contribution in [0.1, 0.15) is 17.4 Å². The molecule has 0 fully saturated rings. The average molecular weight is 304 g/mol. The summed E-state index contributed by atoms with van der Waals surface area (Å²) in [6.07, 6.45) is 0. The Labute approximate surface area is 129 Å². The smallest absolute Gasteiger partial charge is 0.242 e. The van der Waals surface area contributed by atoms with Crippen molar-refractivity contribution >= 4 is 22.9 Å². The minimum Gasteiger partial charge on any atom is -0.380 e.